The van der Waals surface area contributed by atoms with E-state index in [0.29, 0.717) is 19.1 Å². The maximum atomic E-state index is 6.38. The fourth-order valence-electron chi connectivity index (χ4n) is 2.43. The fraction of sp³-hybridized carbons (Fsp3) is 0.600. The van der Waals surface area contributed by atoms with Crippen LogP contribution in [0.2, 0.25) is 0 Å². The van der Waals surface area contributed by atoms with E-state index in [1.165, 1.54) is 0 Å². The van der Waals surface area contributed by atoms with Crippen molar-refractivity contribution in [3.8, 4) is 11.5 Å². The van der Waals surface area contributed by atoms with Gasteiger partial charge in [0.1, 0.15) is 0 Å². The Morgan fingerprint density at radius 3 is 2.50 bits per heavy atom. The maximum absolute atomic E-state index is 6.38. The van der Waals surface area contributed by atoms with Gasteiger partial charge in [-0.1, -0.05) is 15.9 Å². The van der Waals surface area contributed by atoms with Gasteiger partial charge in [0.15, 0.2) is 11.5 Å². The van der Waals surface area contributed by atoms with Gasteiger partial charge in [-0.05, 0) is 38.0 Å². The molecule has 1 saturated heterocycles. The summed E-state index contributed by atoms with van der Waals surface area (Å²) in [4.78, 5) is 0. The SMILES string of the molecule is CCOc1cc(Br)c(C(N)C2CCOC2)cc1OCC. The molecule has 0 bridgehead atoms. The lowest BCUT2D eigenvalue weighted by Gasteiger charge is -2.21. The normalized spacial score (nSPS) is 19.9. The van der Waals surface area contributed by atoms with Crippen LogP contribution in [0.3, 0.4) is 0 Å². The van der Waals surface area contributed by atoms with E-state index in [-0.39, 0.29) is 6.04 Å². The monoisotopic (exact) mass is 343 g/mol. The minimum absolute atomic E-state index is 0.0539. The maximum Gasteiger partial charge on any atom is 0.162 e. The van der Waals surface area contributed by atoms with Crippen molar-refractivity contribution >= 4 is 15.9 Å². The van der Waals surface area contributed by atoms with Gasteiger partial charge in [-0.2, -0.15) is 0 Å². The van der Waals surface area contributed by atoms with Crippen LogP contribution in [0.5, 0.6) is 11.5 Å². The van der Waals surface area contributed by atoms with E-state index >= 15 is 0 Å². The minimum Gasteiger partial charge on any atom is -0.490 e. The van der Waals surface area contributed by atoms with E-state index in [2.05, 4.69) is 15.9 Å². The highest BCUT2D eigenvalue weighted by Crippen LogP contribution is 2.39. The molecule has 0 saturated carbocycles. The zero-order valence-electron chi connectivity index (χ0n) is 12.0. The van der Waals surface area contributed by atoms with Crippen LogP contribution in [0.4, 0.5) is 0 Å². The molecule has 2 rings (SSSR count). The first-order valence-electron chi connectivity index (χ1n) is 7.09. The lowest BCUT2D eigenvalue weighted by molar-refractivity contribution is 0.180. The molecule has 1 heterocycles. The Morgan fingerprint density at radius 1 is 1.30 bits per heavy atom. The second-order valence-corrected chi connectivity index (χ2v) is 5.69. The standard InChI is InChI=1S/C15H22BrNO3/c1-3-19-13-7-11(12(16)8-14(13)20-4-2)15(17)10-5-6-18-9-10/h7-8,10,15H,3-6,9,17H2,1-2H3. The molecule has 4 nitrogen and oxygen atoms in total. The molecular formula is C15H22BrNO3. The molecule has 5 heteroatoms. The minimum atomic E-state index is -0.0539. The van der Waals surface area contributed by atoms with E-state index in [1.807, 2.05) is 26.0 Å². The largest absolute Gasteiger partial charge is 0.490 e. The zero-order chi connectivity index (χ0) is 14.5. The van der Waals surface area contributed by atoms with Crippen molar-refractivity contribution in [1.29, 1.82) is 0 Å². The first kappa shape index (κ1) is 15.6. The summed E-state index contributed by atoms with van der Waals surface area (Å²) in [7, 11) is 0. The van der Waals surface area contributed by atoms with Crippen LogP contribution in [0.25, 0.3) is 0 Å². The molecule has 2 atom stereocenters. The highest BCUT2D eigenvalue weighted by atomic mass is 79.9. The molecule has 0 aromatic heterocycles. The van der Waals surface area contributed by atoms with Gasteiger partial charge in [0, 0.05) is 23.0 Å². The summed E-state index contributed by atoms with van der Waals surface area (Å²) in [5.41, 5.74) is 7.43. The average molecular weight is 344 g/mol. The molecule has 0 aliphatic carbocycles. The number of hydrogen-bond acceptors (Lipinski definition) is 4. The third-order valence-electron chi connectivity index (χ3n) is 3.49. The van der Waals surface area contributed by atoms with E-state index in [1.54, 1.807) is 0 Å². The van der Waals surface area contributed by atoms with Crippen LogP contribution in [-0.4, -0.2) is 26.4 Å². The fourth-order valence-corrected chi connectivity index (χ4v) is 3.02. The summed E-state index contributed by atoms with van der Waals surface area (Å²) in [6, 6.07) is 3.88. The Morgan fingerprint density at radius 2 is 1.95 bits per heavy atom. The highest BCUT2D eigenvalue weighted by molar-refractivity contribution is 9.10. The zero-order valence-corrected chi connectivity index (χ0v) is 13.6. The van der Waals surface area contributed by atoms with Gasteiger partial charge in [0.25, 0.3) is 0 Å². The smallest absolute Gasteiger partial charge is 0.162 e. The van der Waals surface area contributed by atoms with Gasteiger partial charge in [0.05, 0.1) is 19.8 Å². The summed E-state index contributed by atoms with van der Waals surface area (Å²) >= 11 is 3.59. The first-order chi connectivity index (χ1) is 9.67. The van der Waals surface area contributed by atoms with Gasteiger partial charge < -0.3 is 19.9 Å². The second-order valence-electron chi connectivity index (χ2n) is 4.84. The Kier molecular flexibility index (Phi) is 5.69. The molecule has 2 unspecified atom stereocenters. The first-order valence-corrected chi connectivity index (χ1v) is 7.89. The van der Waals surface area contributed by atoms with Crippen LogP contribution in [0.1, 0.15) is 31.9 Å². The topological polar surface area (TPSA) is 53.7 Å². The van der Waals surface area contributed by atoms with E-state index in [9.17, 15) is 0 Å². The molecule has 1 aliphatic heterocycles. The summed E-state index contributed by atoms with van der Waals surface area (Å²) in [6.07, 6.45) is 1.00. The summed E-state index contributed by atoms with van der Waals surface area (Å²) in [5, 5.41) is 0. The van der Waals surface area contributed by atoms with Crippen LogP contribution in [0.15, 0.2) is 16.6 Å². The Balaban J connectivity index is 2.29. The lowest BCUT2D eigenvalue weighted by Crippen LogP contribution is -2.22. The molecule has 1 aromatic rings. The van der Waals surface area contributed by atoms with Gasteiger partial charge in [0.2, 0.25) is 0 Å². The molecular weight excluding hydrogens is 322 g/mol. The number of rotatable bonds is 6. The van der Waals surface area contributed by atoms with Crippen LogP contribution >= 0.6 is 15.9 Å². The number of hydrogen-bond donors (Lipinski definition) is 1. The molecule has 0 radical (unpaired) electrons. The average Bonchev–Trinajstić information content (AvgIpc) is 2.95. The highest BCUT2D eigenvalue weighted by Gasteiger charge is 2.26. The number of ether oxygens (including phenoxy) is 3. The second kappa shape index (κ2) is 7.29. The van der Waals surface area contributed by atoms with Crippen molar-refractivity contribution in [2.75, 3.05) is 26.4 Å². The number of benzene rings is 1. The van der Waals surface area contributed by atoms with Gasteiger partial charge in [-0.25, -0.2) is 0 Å². The van der Waals surface area contributed by atoms with Crippen molar-refractivity contribution in [2.24, 2.45) is 11.7 Å². The van der Waals surface area contributed by atoms with Crippen molar-refractivity contribution in [3.05, 3.63) is 22.2 Å². The third-order valence-corrected chi connectivity index (χ3v) is 4.18. The molecule has 1 aromatic carbocycles. The van der Waals surface area contributed by atoms with Crippen molar-refractivity contribution < 1.29 is 14.2 Å². The Labute approximate surface area is 128 Å². The summed E-state index contributed by atoms with van der Waals surface area (Å²) in [6.45, 7) is 6.65. The molecule has 1 aliphatic rings. The Bertz CT molecular complexity index is 447. The number of nitrogens with two attached hydrogens (primary N) is 1. The quantitative estimate of drug-likeness (QED) is 0.861. The van der Waals surface area contributed by atoms with E-state index in [0.717, 1.165) is 41.2 Å². The van der Waals surface area contributed by atoms with Crippen LogP contribution in [-0.2, 0) is 4.74 Å². The molecule has 0 amide bonds. The van der Waals surface area contributed by atoms with E-state index in [4.69, 9.17) is 19.9 Å². The predicted molar refractivity (Wildman–Crippen MR) is 82.3 cm³/mol. The van der Waals surface area contributed by atoms with Crippen molar-refractivity contribution in [1.82, 2.24) is 0 Å². The summed E-state index contributed by atoms with van der Waals surface area (Å²) < 4.78 is 17.7. The van der Waals surface area contributed by atoms with Gasteiger partial charge in [-0.15, -0.1) is 0 Å². The predicted octanol–water partition coefficient (Wildman–Crippen LogP) is 3.28. The third kappa shape index (κ3) is 3.45. The summed E-state index contributed by atoms with van der Waals surface area (Å²) in [5.74, 6) is 1.86. The van der Waals surface area contributed by atoms with Crippen LogP contribution < -0.4 is 15.2 Å². The molecule has 20 heavy (non-hydrogen) atoms. The molecule has 0 spiro atoms. The Hall–Kier alpha value is -0.780. The molecule has 2 N–H and O–H groups in total. The van der Waals surface area contributed by atoms with Crippen molar-refractivity contribution in [3.63, 3.8) is 0 Å². The number of halogens is 1. The lowest BCUT2D eigenvalue weighted by atomic mass is 9.93. The van der Waals surface area contributed by atoms with Crippen molar-refractivity contribution in [2.45, 2.75) is 26.3 Å². The van der Waals surface area contributed by atoms with E-state index < -0.39 is 0 Å². The van der Waals surface area contributed by atoms with Gasteiger partial charge in [-0.3, -0.25) is 0 Å². The molecule has 1 fully saturated rings. The molecule has 112 valence electrons. The van der Waals surface area contributed by atoms with Gasteiger partial charge >= 0.3 is 0 Å². The van der Waals surface area contributed by atoms with Crippen LogP contribution in [0, 0.1) is 5.92 Å².